The Morgan fingerprint density at radius 3 is 2.50 bits per heavy atom. The molecule has 98 valence electrons. The molecule has 0 aromatic carbocycles. The second-order valence-electron chi connectivity index (χ2n) is 4.62. The highest BCUT2D eigenvalue weighted by Crippen LogP contribution is 2.07. The van der Waals surface area contributed by atoms with Gasteiger partial charge < -0.3 is 15.2 Å². The minimum Gasteiger partial charge on any atom is -0.389 e. The number of ether oxygens (including phenoxy) is 1. The van der Waals surface area contributed by atoms with Crippen molar-refractivity contribution in [3.63, 3.8) is 0 Å². The first-order valence-electron chi connectivity index (χ1n) is 6.05. The van der Waals surface area contributed by atoms with Gasteiger partial charge in [0.05, 0.1) is 12.7 Å². The quantitative estimate of drug-likeness (QED) is 0.579. The third kappa shape index (κ3) is 10.7. The van der Waals surface area contributed by atoms with Gasteiger partial charge in [-0.3, -0.25) is 0 Å². The summed E-state index contributed by atoms with van der Waals surface area (Å²) < 4.78 is 5.36. The van der Waals surface area contributed by atoms with E-state index in [1.54, 1.807) is 0 Å². The standard InChI is InChI=1S/C12H27NO2S/c1-10(2)8-15-9-12(14)7-13-6-5-11(3)16-4/h10-14H,5-9H2,1-4H3. The lowest BCUT2D eigenvalue weighted by atomic mass is 10.2. The maximum atomic E-state index is 9.59. The molecule has 0 aromatic rings. The molecule has 0 heterocycles. The van der Waals surface area contributed by atoms with Crippen molar-refractivity contribution < 1.29 is 9.84 Å². The number of hydrogen-bond acceptors (Lipinski definition) is 4. The van der Waals surface area contributed by atoms with Gasteiger partial charge in [-0.1, -0.05) is 20.8 Å². The maximum Gasteiger partial charge on any atom is 0.0897 e. The molecule has 4 heteroatoms. The summed E-state index contributed by atoms with van der Waals surface area (Å²) >= 11 is 1.87. The molecule has 0 radical (unpaired) electrons. The summed E-state index contributed by atoms with van der Waals surface area (Å²) in [6.07, 6.45) is 2.88. The molecule has 0 saturated heterocycles. The van der Waals surface area contributed by atoms with Crippen molar-refractivity contribution in [3.05, 3.63) is 0 Å². The molecule has 0 aliphatic heterocycles. The summed E-state index contributed by atoms with van der Waals surface area (Å²) in [6, 6.07) is 0. The summed E-state index contributed by atoms with van der Waals surface area (Å²) in [5.74, 6) is 0.530. The number of rotatable bonds is 10. The highest BCUT2D eigenvalue weighted by Gasteiger charge is 2.05. The van der Waals surface area contributed by atoms with Crippen LogP contribution in [0.1, 0.15) is 27.2 Å². The van der Waals surface area contributed by atoms with Gasteiger partial charge in [0.1, 0.15) is 0 Å². The van der Waals surface area contributed by atoms with Gasteiger partial charge in [-0.05, 0) is 25.1 Å². The summed E-state index contributed by atoms with van der Waals surface area (Å²) in [6.45, 7) is 9.17. The van der Waals surface area contributed by atoms with Crippen molar-refractivity contribution in [2.24, 2.45) is 5.92 Å². The van der Waals surface area contributed by atoms with Crippen molar-refractivity contribution in [1.29, 1.82) is 0 Å². The number of aliphatic hydroxyl groups is 1. The molecule has 0 bridgehead atoms. The smallest absolute Gasteiger partial charge is 0.0897 e. The van der Waals surface area contributed by atoms with Crippen molar-refractivity contribution in [2.75, 3.05) is 32.6 Å². The van der Waals surface area contributed by atoms with Gasteiger partial charge in [0.15, 0.2) is 0 Å². The Hall–Kier alpha value is 0.230. The first kappa shape index (κ1) is 16.2. The molecule has 0 amide bonds. The van der Waals surface area contributed by atoms with E-state index >= 15 is 0 Å². The summed E-state index contributed by atoms with van der Waals surface area (Å²) in [5.41, 5.74) is 0. The summed E-state index contributed by atoms with van der Waals surface area (Å²) in [4.78, 5) is 0. The number of thioether (sulfide) groups is 1. The molecule has 0 fully saturated rings. The van der Waals surface area contributed by atoms with E-state index in [4.69, 9.17) is 4.74 Å². The monoisotopic (exact) mass is 249 g/mol. The fourth-order valence-electron chi connectivity index (χ4n) is 1.19. The molecule has 0 aromatic heterocycles. The Kier molecular flexibility index (Phi) is 10.5. The van der Waals surface area contributed by atoms with E-state index in [0.29, 0.717) is 24.3 Å². The molecule has 0 aliphatic carbocycles. The van der Waals surface area contributed by atoms with Gasteiger partial charge in [-0.2, -0.15) is 11.8 Å². The highest BCUT2D eigenvalue weighted by molar-refractivity contribution is 7.99. The van der Waals surface area contributed by atoms with Crippen molar-refractivity contribution in [2.45, 2.75) is 38.5 Å². The molecule has 16 heavy (non-hydrogen) atoms. The Morgan fingerprint density at radius 1 is 1.25 bits per heavy atom. The Balaban J connectivity index is 3.26. The first-order valence-corrected chi connectivity index (χ1v) is 7.34. The lowest BCUT2D eigenvalue weighted by Gasteiger charge is -2.14. The van der Waals surface area contributed by atoms with Gasteiger partial charge in [0.2, 0.25) is 0 Å². The van der Waals surface area contributed by atoms with E-state index in [0.717, 1.165) is 19.6 Å². The second kappa shape index (κ2) is 10.4. The lowest BCUT2D eigenvalue weighted by molar-refractivity contribution is 0.0262. The molecular formula is C12H27NO2S. The number of hydrogen-bond donors (Lipinski definition) is 2. The maximum absolute atomic E-state index is 9.59. The SMILES string of the molecule is CSC(C)CCNCC(O)COCC(C)C. The average Bonchev–Trinajstić information content (AvgIpc) is 2.23. The fourth-order valence-corrected chi connectivity index (χ4v) is 1.54. The van der Waals surface area contributed by atoms with Crippen LogP contribution < -0.4 is 5.32 Å². The molecule has 0 aliphatic rings. The van der Waals surface area contributed by atoms with Crippen LogP contribution in [-0.2, 0) is 4.74 Å². The molecular weight excluding hydrogens is 222 g/mol. The normalized spacial score (nSPS) is 15.4. The van der Waals surface area contributed by atoms with Crippen LogP contribution in [0.4, 0.5) is 0 Å². The van der Waals surface area contributed by atoms with Gasteiger partial charge in [0.25, 0.3) is 0 Å². The zero-order valence-electron chi connectivity index (χ0n) is 11.0. The van der Waals surface area contributed by atoms with Gasteiger partial charge in [-0.15, -0.1) is 0 Å². The number of aliphatic hydroxyl groups excluding tert-OH is 1. The fraction of sp³-hybridized carbons (Fsp3) is 1.00. The number of nitrogens with one attached hydrogen (secondary N) is 1. The average molecular weight is 249 g/mol. The molecule has 3 nitrogen and oxygen atoms in total. The third-order valence-electron chi connectivity index (χ3n) is 2.27. The first-order chi connectivity index (χ1) is 7.56. The predicted molar refractivity (Wildman–Crippen MR) is 72.1 cm³/mol. The molecule has 0 rings (SSSR count). The van der Waals surface area contributed by atoms with Crippen LogP contribution in [0.15, 0.2) is 0 Å². The van der Waals surface area contributed by atoms with Crippen LogP contribution in [-0.4, -0.2) is 49.0 Å². The molecule has 2 atom stereocenters. The van der Waals surface area contributed by atoms with Crippen molar-refractivity contribution >= 4 is 11.8 Å². The largest absolute Gasteiger partial charge is 0.389 e. The second-order valence-corrected chi connectivity index (χ2v) is 5.90. The van der Waals surface area contributed by atoms with Crippen LogP contribution in [0.2, 0.25) is 0 Å². The highest BCUT2D eigenvalue weighted by atomic mass is 32.2. The van der Waals surface area contributed by atoms with E-state index in [2.05, 4.69) is 32.3 Å². The van der Waals surface area contributed by atoms with Gasteiger partial charge >= 0.3 is 0 Å². The van der Waals surface area contributed by atoms with E-state index in [-0.39, 0.29) is 6.10 Å². The predicted octanol–water partition coefficient (Wildman–Crippen LogP) is 1.75. The molecule has 0 saturated carbocycles. The Morgan fingerprint density at radius 2 is 1.94 bits per heavy atom. The third-order valence-corrected chi connectivity index (χ3v) is 3.31. The summed E-state index contributed by atoms with van der Waals surface area (Å²) in [7, 11) is 0. The van der Waals surface area contributed by atoms with E-state index in [1.807, 2.05) is 11.8 Å². The van der Waals surface area contributed by atoms with Crippen molar-refractivity contribution in [1.82, 2.24) is 5.32 Å². The van der Waals surface area contributed by atoms with Crippen LogP contribution in [0, 0.1) is 5.92 Å². The zero-order chi connectivity index (χ0) is 12.4. The van der Waals surface area contributed by atoms with E-state index < -0.39 is 0 Å². The minimum atomic E-state index is -0.386. The molecule has 2 unspecified atom stereocenters. The Labute approximate surface area is 104 Å². The lowest BCUT2D eigenvalue weighted by Crippen LogP contribution is -2.32. The van der Waals surface area contributed by atoms with E-state index in [1.165, 1.54) is 0 Å². The van der Waals surface area contributed by atoms with Crippen LogP contribution in [0.5, 0.6) is 0 Å². The van der Waals surface area contributed by atoms with Gasteiger partial charge in [0, 0.05) is 18.4 Å². The molecule has 2 N–H and O–H groups in total. The van der Waals surface area contributed by atoms with Crippen LogP contribution in [0.3, 0.4) is 0 Å². The molecule has 0 spiro atoms. The van der Waals surface area contributed by atoms with Crippen LogP contribution >= 0.6 is 11.8 Å². The minimum absolute atomic E-state index is 0.386. The zero-order valence-corrected chi connectivity index (χ0v) is 11.8. The van der Waals surface area contributed by atoms with Crippen LogP contribution in [0.25, 0.3) is 0 Å². The van der Waals surface area contributed by atoms with Gasteiger partial charge in [-0.25, -0.2) is 0 Å². The van der Waals surface area contributed by atoms with E-state index in [9.17, 15) is 5.11 Å². The Bertz CT molecular complexity index is 156. The topological polar surface area (TPSA) is 41.5 Å². The van der Waals surface area contributed by atoms with Crippen molar-refractivity contribution in [3.8, 4) is 0 Å². The summed E-state index contributed by atoms with van der Waals surface area (Å²) in [5, 5.41) is 13.5.